The molecule has 0 aromatic heterocycles. The highest BCUT2D eigenvalue weighted by Crippen LogP contribution is 2.36. The van der Waals surface area contributed by atoms with Crippen molar-refractivity contribution in [2.24, 2.45) is 0 Å². The smallest absolute Gasteiger partial charge is 0.335 e. The minimum absolute atomic E-state index is 0.0686. The minimum Gasteiger partial charge on any atom is -0.489 e. The van der Waals surface area contributed by atoms with Crippen LogP contribution in [0.1, 0.15) is 29.8 Å². The van der Waals surface area contributed by atoms with E-state index in [9.17, 15) is 4.79 Å². The summed E-state index contributed by atoms with van der Waals surface area (Å²) in [5.41, 5.74) is 1.75. The molecule has 0 aliphatic rings. The van der Waals surface area contributed by atoms with Crippen molar-refractivity contribution in [3.05, 3.63) is 55.4 Å². The van der Waals surface area contributed by atoms with Gasteiger partial charge in [-0.05, 0) is 81.6 Å². The molecule has 0 radical (unpaired) electrons. The zero-order valence-corrected chi connectivity index (χ0v) is 17.0. The number of hydrogen-bond acceptors (Lipinski definition) is 3. The van der Waals surface area contributed by atoms with Gasteiger partial charge in [0.05, 0.1) is 31.3 Å². The maximum Gasteiger partial charge on any atom is 0.335 e. The summed E-state index contributed by atoms with van der Waals surface area (Å²) < 4.78 is 7.44. The average Bonchev–Trinajstić information content (AvgIpc) is 2.49. The molecule has 0 aliphatic heterocycles. The van der Waals surface area contributed by atoms with Crippen LogP contribution in [0, 0.1) is 0 Å². The Hall–Kier alpha value is -1.24. The summed E-state index contributed by atoms with van der Waals surface area (Å²) in [6, 6.07) is 8.46. The van der Waals surface area contributed by atoms with Crippen LogP contribution in [0.4, 0.5) is 5.69 Å². The third-order valence-corrected chi connectivity index (χ3v) is 4.62. The quantitative estimate of drug-likeness (QED) is 0.539. The number of nitrogens with one attached hydrogen (secondary N) is 1. The Morgan fingerprint density at radius 1 is 1.25 bits per heavy atom. The van der Waals surface area contributed by atoms with Crippen LogP contribution in [0.25, 0.3) is 0 Å². The molecule has 7 heteroatoms. The predicted molar refractivity (Wildman–Crippen MR) is 103 cm³/mol. The summed E-state index contributed by atoms with van der Waals surface area (Å²) in [7, 11) is 0. The number of aromatic carboxylic acids is 1. The maximum atomic E-state index is 11.1. The zero-order valence-electron chi connectivity index (χ0n) is 13.1. The SMILES string of the molecule is CC(C)Oc1c(Br)cc(CNc2cc(C(=O)O)ccc2Cl)cc1Br. The van der Waals surface area contributed by atoms with Gasteiger partial charge in [-0.25, -0.2) is 4.79 Å². The summed E-state index contributed by atoms with van der Waals surface area (Å²) in [6.45, 7) is 4.42. The van der Waals surface area contributed by atoms with E-state index >= 15 is 0 Å². The summed E-state index contributed by atoms with van der Waals surface area (Å²) in [5, 5.41) is 12.7. The first-order valence-electron chi connectivity index (χ1n) is 7.19. The number of hydrogen-bond donors (Lipinski definition) is 2. The molecule has 0 atom stereocenters. The van der Waals surface area contributed by atoms with Gasteiger partial charge in [-0.15, -0.1) is 0 Å². The molecule has 4 nitrogen and oxygen atoms in total. The first-order valence-corrected chi connectivity index (χ1v) is 9.15. The van der Waals surface area contributed by atoms with Crippen molar-refractivity contribution in [3.8, 4) is 5.75 Å². The molecule has 0 spiro atoms. The number of carboxylic acid groups (broad SMARTS) is 1. The highest BCUT2D eigenvalue weighted by Gasteiger charge is 2.12. The lowest BCUT2D eigenvalue weighted by molar-refractivity contribution is 0.0697. The third-order valence-electron chi connectivity index (χ3n) is 3.11. The van der Waals surface area contributed by atoms with E-state index in [-0.39, 0.29) is 11.7 Å². The lowest BCUT2D eigenvalue weighted by atomic mass is 10.1. The van der Waals surface area contributed by atoms with E-state index in [1.807, 2.05) is 26.0 Å². The normalized spacial score (nSPS) is 10.8. The molecular formula is C17H16Br2ClNO3. The molecule has 2 aromatic carbocycles. The zero-order chi connectivity index (χ0) is 17.9. The molecule has 128 valence electrons. The number of carbonyl (C=O) groups is 1. The molecule has 0 heterocycles. The fourth-order valence-electron chi connectivity index (χ4n) is 2.05. The third kappa shape index (κ3) is 4.88. The number of rotatable bonds is 6. The van der Waals surface area contributed by atoms with Gasteiger partial charge >= 0.3 is 5.97 Å². The van der Waals surface area contributed by atoms with Gasteiger partial charge in [0, 0.05) is 6.54 Å². The highest BCUT2D eigenvalue weighted by molar-refractivity contribution is 9.11. The lowest BCUT2D eigenvalue weighted by Crippen LogP contribution is -2.07. The summed E-state index contributed by atoms with van der Waals surface area (Å²) in [5.74, 6) is -0.241. The Kier molecular flexibility index (Phi) is 6.54. The van der Waals surface area contributed by atoms with Gasteiger partial charge in [-0.2, -0.15) is 0 Å². The van der Waals surface area contributed by atoms with E-state index in [4.69, 9.17) is 21.4 Å². The molecule has 0 amide bonds. The average molecular weight is 478 g/mol. The van der Waals surface area contributed by atoms with Gasteiger partial charge in [0.1, 0.15) is 5.75 Å². The summed E-state index contributed by atoms with van der Waals surface area (Å²) in [6.07, 6.45) is 0.0686. The predicted octanol–water partition coefficient (Wildman–Crippen LogP) is 5.96. The highest BCUT2D eigenvalue weighted by atomic mass is 79.9. The van der Waals surface area contributed by atoms with E-state index in [0.717, 1.165) is 20.3 Å². The van der Waals surface area contributed by atoms with Crippen molar-refractivity contribution in [2.75, 3.05) is 5.32 Å². The molecule has 24 heavy (non-hydrogen) atoms. The van der Waals surface area contributed by atoms with Gasteiger partial charge < -0.3 is 15.2 Å². The summed E-state index contributed by atoms with van der Waals surface area (Å²) in [4.78, 5) is 11.1. The van der Waals surface area contributed by atoms with Gasteiger partial charge in [0.25, 0.3) is 0 Å². The Morgan fingerprint density at radius 3 is 2.42 bits per heavy atom. The van der Waals surface area contributed by atoms with E-state index in [2.05, 4.69) is 37.2 Å². The molecule has 2 rings (SSSR count). The van der Waals surface area contributed by atoms with Crippen molar-refractivity contribution in [1.29, 1.82) is 0 Å². The Morgan fingerprint density at radius 2 is 1.88 bits per heavy atom. The van der Waals surface area contributed by atoms with Gasteiger partial charge in [0.2, 0.25) is 0 Å². The van der Waals surface area contributed by atoms with E-state index in [1.54, 1.807) is 6.07 Å². The van der Waals surface area contributed by atoms with Crippen LogP contribution < -0.4 is 10.1 Å². The van der Waals surface area contributed by atoms with Crippen molar-refractivity contribution in [1.82, 2.24) is 0 Å². The van der Waals surface area contributed by atoms with Gasteiger partial charge in [-0.1, -0.05) is 11.6 Å². The molecule has 2 aromatic rings. The van der Waals surface area contributed by atoms with Crippen molar-refractivity contribution < 1.29 is 14.6 Å². The lowest BCUT2D eigenvalue weighted by Gasteiger charge is -2.15. The van der Waals surface area contributed by atoms with Gasteiger partial charge in [-0.3, -0.25) is 0 Å². The molecule has 2 N–H and O–H groups in total. The summed E-state index contributed by atoms with van der Waals surface area (Å²) >= 11 is 13.1. The van der Waals surface area contributed by atoms with Crippen LogP contribution in [0.2, 0.25) is 5.02 Å². The van der Waals surface area contributed by atoms with Crippen molar-refractivity contribution in [3.63, 3.8) is 0 Å². The Bertz CT molecular complexity index is 742. The number of ether oxygens (including phenoxy) is 1. The standard InChI is InChI=1S/C17H16Br2ClNO3/c1-9(2)24-16-12(18)5-10(6-13(16)19)8-21-15-7-11(17(22)23)3-4-14(15)20/h3-7,9,21H,8H2,1-2H3,(H,22,23). The molecule has 0 aliphatic carbocycles. The molecule has 0 fully saturated rings. The van der Waals surface area contributed by atoms with Gasteiger partial charge in [0.15, 0.2) is 0 Å². The second-order valence-electron chi connectivity index (χ2n) is 5.41. The van der Waals surface area contributed by atoms with E-state index in [1.165, 1.54) is 12.1 Å². The van der Waals surface area contributed by atoms with Crippen LogP contribution >= 0.6 is 43.5 Å². The first kappa shape index (κ1) is 19.1. The van der Waals surface area contributed by atoms with Crippen LogP contribution in [-0.2, 0) is 6.54 Å². The molecule has 0 bridgehead atoms. The minimum atomic E-state index is -0.990. The maximum absolute atomic E-state index is 11.1. The fraction of sp³-hybridized carbons (Fsp3) is 0.235. The number of anilines is 1. The Balaban J connectivity index is 2.18. The largest absolute Gasteiger partial charge is 0.489 e. The molecule has 0 saturated carbocycles. The molecule has 0 saturated heterocycles. The number of carboxylic acids is 1. The monoisotopic (exact) mass is 475 g/mol. The van der Waals surface area contributed by atoms with Crippen molar-refractivity contribution >= 4 is 55.1 Å². The van der Waals surface area contributed by atoms with Crippen LogP contribution in [0.5, 0.6) is 5.75 Å². The fourth-order valence-corrected chi connectivity index (χ4v) is 3.71. The molecule has 0 unspecified atom stereocenters. The van der Waals surface area contributed by atoms with Crippen molar-refractivity contribution in [2.45, 2.75) is 26.5 Å². The number of halogens is 3. The topological polar surface area (TPSA) is 58.6 Å². The second-order valence-corrected chi connectivity index (χ2v) is 7.52. The number of benzene rings is 2. The van der Waals surface area contributed by atoms with Crippen LogP contribution in [-0.4, -0.2) is 17.2 Å². The first-order chi connectivity index (χ1) is 11.3. The Labute approximate surface area is 162 Å². The second kappa shape index (κ2) is 8.23. The van der Waals surface area contributed by atoms with Crippen LogP contribution in [0.3, 0.4) is 0 Å². The van der Waals surface area contributed by atoms with E-state index < -0.39 is 5.97 Å². The van der Waals surface area contributed by atoms with E-state index in [0.29, 0.717) is 17.3 Å². The van der Waals surface area contributed by atoms with Crippen LogP contribution in [0.15, 0.2) is 39.3 Å². The molecular weight excluding hydrogens is 461 g/mol.